The molecule has 2 aromatic carbocycles. The third-order valence-electron chi connectivity index (χ3n) is 7.43. The molecule has 0 aliphatic carbocycles. The van der Waals surface area contributed by atoms with Crippen molar-refractivity contribution in [2.45, 2.75) is 89.9 Å². The van der Waals surface area contributed by atoms with Gasteiger partial charge in [0.1, 0.15) is 6.04 Å². The minimum atomic E-state index is -4.07. The quantitative estimate of drug-likeness (QED) is 0.128. The average Bonchev–Trinajstić information content (AvgIpc) is 2.94. The van der Waals surface area contributed by atoms with Crippen LogP contribution in [-0.4, -0.2) is 88.1 Å². The van der Waals surface area contributed by atoms with Gasteiger partial charge in [-0.2, -0.15) is 4.31 Å². The molecule has 44 heavy (non-hydrogen) atoms. The van der Waals surface area contributed by atoms with Crippen LogP contribution in [0.4, 0.5) is 4.79 Å². The maximum atomic E-state index is 13.9. The number of carbonyl (C=O) groups excluding carboxylic acids is 1. The zero-order valence-electron chi connectivity index (χ0n) is 26.7. The first-order valence-electron chi connectivity index (χ1n) is 14.8. The molecule has 4 atom stereocenters. The highest BCUT2D eigenvalue weighted by Gasteiger charge is 2.41. The van der Waals surface area contributed by atoms with E-state index in [1.165, 1.54) is 34.8 Å². The molecule has 244 valence electrons. The van der Waals surface area contributed by atoms with E-state index in [0.29, 0.717) is 12.0 Å². The Bertz CT molecular complexity index is 1340. The summed E-state index contributed by atoms with van der Waals surface area (Å²) < 4.78 is 28.7. The lowest BCUT2D eigenvalue weighted by molar-refractivity contribution is -0.131. The largest absolute Gasteiger partial charge is 0.465 e. The van der Waals surface area contributed by atoms with Crippen LogP contribution in [0.15, 0.2) is 64.6 Å². The van der Waals surface area contributed by atoms with Gasteiger partial charge in [-0.25, -0.2) is 13.2 Å². The smallest absolute Gasteiger partial charge is 0.408 e. The third-order valence-corrected chi connectivity index (χ3v) is 9.28. The summed E-state index contributed by atoms with van der Waals surface area (Å²) in [5, 5.41) is 36.4. The van der Waals surface area contributed by atoms with Crippen LogP contribution in [-0.2, 0) is 21.2 Å². The maximum absolute atomic E-state index is 13.9. The summed E-state index contributed by atoms with van der Waals surface area (Å²) in [5.74, 6) is -0.974. The van der Waals surface area contributed by atoms with Gasteiger partial charge in [-0.15, -0.1) is 0 Å². The summed E-state index contributed by atoms with van der Waals surface area (Å²) in [4.78, 5) is 27.4. The molecule has 4 N–H and O–H groups in total. The normalized spacial score (nSPS) is 15.2. The van der Waals surface area contributed by atoms with Crippen molar-refractivity contribution in [1.29, 1.82) is 0 Å². The Kier molecular flexibility index (Phi) is 13.4. The number of aliphatic hydroxyl groups is 1. The summed E-state index contributed by atoms with van der Waals surface area (Å²) >= 11 is 0. The minimum Gasteiger partial charge on any atom is -0.465 e. The lowest BCUT2D eigenvalue weighted by atomic mass is 9.91. The van der Waals surface area contributed by atoms with Gasteiger partial charge in [-0.3, -0.25) is 9.69 Å². The Morgan fingerprint density at radius 3 is 2.07 bits per heavy atom. The van der Waals surface area contributed by atoms with Crippen LogP contribution >= 0.6 is 0 Å². The van der Waals surface area contributed by atoms with Gasteiger partial charge in [0.05, 0.1) is 23.3 Å². The van der Waals surface area contributed by atoms with Gasteiger partial charge in [-0.05, 0) is 62.3 Å². The highest BCUT2D eigenvalue weighted by molar-refractivity contribution is 7.89. The van der Waals surface area contributed by atoms with Crippen LogP contribution in [0.3, 0.4) is 0 Å². The van der Waals surface area contributed by atoms with Crippen molar-refractivity contribution in [2.75, 3.05) is 13.1 Å². The van der Waals surface area contributed by atoms with Crippen molar-refractivity contribution in [1.82, 2.24) is 14.5 Å². The van der Waals surface area contributed by atoms with E-state index in [4.69, 9.17) is 5.21 Å². The maximum Gasteiger partial charge on any atom is 0.408 e. The minimum absolute atomic E-state index is 0.00296. The van der Waals surface area contributed by atoms with E-state index < -0.39 is 45.8 Å². The summed E-state index contributed by atoms with van der Waals surface area (Å²) in [7, 11) is -4.07. The molecule has 0 heterocycles. The van der Waals surface area contributed by atoms with Gasteiger partial charge < -0.3 is 20.7 Å². The molecule has 0 aromatic heterocycles. The highest BCUT2D eigenvalue weighted by atomic mass is 32.2. The Hall–Kier alpha value is -3.48. The molecule has 2 rings (SSSR count). The van der Waals surface area contributed by atoms with E-state index in [1.807, 2.05) is 58.0 Å². The molecule has 0 radical (unpaired) electrons. The molecule has 0 saturated heterocycles. The van der Waals surface area contributed by atoms with Crippen LogP contribution in [0, 0.1) is 11.8 Å². The molecule has 2 aromatic rings. The molecule has 0 aliphatic heterocycles. The summed E-state index contributed by atoms with van der Waals surface area (Å²) in [5.41, 5.74) is 0.433. The Morgan fingerprint density at radius 2 is 1.59 bits per heavy atom. The lowest BCUT2D eigenvalue weighted by Crippen LogP contribution is -2.61. The Morgan fingerprint density at radius 1 is 1.00 bits per heavy atom. The molecule has 0 fully saturated rings. The topological polar surface area (TPSA) is 160 Å². The van der Waals surface area contributed by atoms with Gasteiger partial charge in [0.25, 0.3) is 0 Å². The van der Waals surface area contributed by atoms with Crippen LogP contribution in [0.25, 0.3) is 0 Å². The van der Waals surface area contributed by atoms with Gasteiger partial charge in [0, 0.05) is 18.6 Å². The molecule has 2 amide bonds. The zero-order valence-corrected chi connectivity index (χ0v) is 27.5. The lowest BCUT2D eigenvalue weighted by Gasteiger charge is -2.42. The number of oxime groups is 1. The fraction of sp³-hybridized carbons (Fsp3) is 0.531. The molecular weight excluding hydrogens is 584 g/mol. The molecular formula is C32H48N4O7S. The van der Waals surface area contributed by atoms with Crippen molar-refractivity contribution in [3.8, 4) is 0 Å². The van der Waals surface area contributed by atoms with E-state index in [9.17, 15) is 28.2 Å². The number of hydrogen-bond acceptors (Lipinski definition) is 7. The fourth-order valence-corrected chi connectivity index (χ4v) is 6.67. The second-order valence-electron chi connectivity index (χ2n) is 12.6. The SMILES string of the molecule is CC[C@H](C)[C@@H](C(=O)N[C@@H](Cc1ccccc1)[C@H](O)CN(CC(C)C)S(=O)(=O)c1ccc(C=NO)cc1)N(C(=O)O)C(C)(C)C. The van der Waals surface area contributed by atoms with Gasteiger partial charge in [0.15, 0.2) is 0 Å². The van der Waals surface area contributed by atoms with Crippen LogP contribution in [0.2, 0.25) is 0 Å². The average molecular weight is 633 g/mol. The molecule has 0 aliphatic rings. The Balaban J connectivity index is 2.50. The molecule has 12 heteroatoms. The predicted molar refractivity (Wildman–Crippen MR) is 170 cm³/mol. The number of carbonyl (C=O) groups is 2. The van der Waals surface area contributed by atoms with Crippen LogP contribution < -0.4 is 5.32 Å². The first-order chi connectivity index (χ1) is 20.5. The predicted octanol–water partition coefficient (Wildman–Crippen LogP) is 4.42. The number of amides is 2. The summed E-state index contributed by atoms with van der Waals surface area (Å²) in [6.07, 6.45) is -0.662. The van der Waals surface area contributed by atoms with Gasteiger partial charge in [-0.1, -0.05) is 81.7 Å². The summed E-state index contributed by atoms with van der Waals surface area (Å²) in [6, 6.07) is 13.0. The van der Waals surface area contributed by atoms with E-state index in [0.717, 1.165) is 10.5 Å². The number of nitrogens with zero attached hydrogens (tertiary/aromatic N) is 3. The van der Waals surface area contributed by atoms with E-state index in [1.54, 1.807) is 20.8 Å². The van der Waals surface area contributed by atoms with Crippen LogP contribution in [0.5, 0.6) is 0 Å². The highest BCUT2D eigenvalue weighted by Crippen LogP contribution is 2.25. The zero-order chi connectivity index (χ0) is 33.2. The number of sulfonamides is 1. The number of aliphatic hydroxyl groups excluding tert-OH is 1. The van der Waals surface area contributed by atoms with E-state index >= 15 is 0 Å². The monoisotopic (exact) mass is 632 g/mol. The van der Waals surface area contributed by atoms with Crippen LogP contribution in [0.1, 0.15) is 66.0 Å². The van der Waals surface area contributed by atoms with Crippen molar-refractivity contribution in [2.24, 2.45) is 17.0 Å². The second-order valence-corrected chi connectivity index (χ2v) is 14.5. The first kappa shape index (κ1) is 36.7. The molecule has 0 spiro atoms. The number of rotatable bonds is 15. The molecule has 0 saturated carbocycles. The van der Waals surface area contributed by atoms with E-state index in [2.05, 4.69) is 10.5 Å². The van der Waals surface area contributed by atoms with E-state index in [-0.39, 0.29) is 36.2 Å². The standard InChI is InChI=1S/C32H48N4O7S/c1-8-23(4)29(36(31(39)40)32(5,6)7)30(38)34-27(18-24-12-10-9-11-13-24)28(37)21-35(20-22(2)3)44(42,43)26-16-14-25(15-17-26)19-33-41/h9-17,19,22-23,27-29,37,41H,8,18,20-21H2,1-7H3,(H,34,38)(H,39,40)/t23-,27-,28+,29-/m0/s1. The van der Waals surface area contributed by atoms with Crippen molar-refractivity contribution in [3.05, 3.63) is 65.7 Å². The fourth-order valence-electron chi connectivity index (χ4n) is 5.05. The van der Waals surface area contributed by atoms with Crippen molar-refractivity contribution in [3.63, 3.8) is 0 Å². The molecule has 0 unspecified atom stereocenters. The first-order valence-corrected chi connectivity index (χ1v) is 16.3. The number of carboxylic acid groups (broad SMARTS) is 1. The Labute approximate surface area is 261 Å². The third kappa shape index (κ3) is 10.0. The van der Waals surface area contributed by atoms with Crippen molar-refractivity contribution < 1.29 is 33.4 Å². The second kappa shape index (κ2) is 16.0. The molecule has 0 bridgehead atoms. The molecule has 11 nitrogen and oxygen atoms in total. The number of hydrogen-bond donors (Lipinski definition) is 4. The van der Waals surface area contributed by atoms with Crippen molar-refractivity contribution >= 4 is 28.2 Å². The van der Waals surface area contributed by atoms with Gasteiger partial charge >= 0.3 is 6.09 Å². The summed E-state index contributed by atoms with van der Waals surface area (Å²) in [6.45, 7) is 12.4. The van der Waals surface area contributed by atoms with Gasteiger partial charge in [0.2, 0.25) is 15.9 Å². The number of benzene rings is 2. The number of nitrogens with one attached hydrogen (secondary N) is 1.